The molecular weight excluding hydrogens is 238 g/mol. The van der Waals surface area contributed by atoms with Crippen LogP contribution in [0, 0.1) is 0 Å². The molecule has 1 nitrogen and oxygen atoms in total. The highest BCUT2D eigenvalue weighted by Crippen LogP contribution is 2.38. The summed E-state index contributed by atoms with van der Waals surface area (Å²) in [6.45, 7) is 20.2. The van der Waals surface area contributed by atoms with E-state index in [1.807, 2.05) is 0 Å². The molecule has 0 aromatic carbocycles. The molecule has 0 rings (SSSR count). The SMILES string of the molecule is CCC(NCC(C)=C(C)[SiH3])[Si](C)(C)C(C)(C)C. The topological polar surface area (TPSA) is 12.0 Å². The van der Waals surface area contributed by atoms with Gasteiger partial charge in [-0.1, -0.05) is 51.6 Å². The van der Waals surface area contributed by atoms with Crippen molar-refractivity contribution in [1.29, 1.82) is 0 Å². The van der Waals surface area contributed by atoms with Crippen LogP contribution in [0.2, 0.25) is 18.1 Å². The maximum atomic E-state index is 3.82. The standard InChI is InChI=1S/C14H33NSi2/c1-9-13(15-10-11(2)12(3)16)17(7,8)14(4,5)6/h13,15H,9-10H2,1-8,16H3. The van der Waals surface area contributed by atoms with Gasteiger partial charge in [0.05, 0.1) is 8.07 Å². The minimum absolute atomic E-state index is 0.467. The Labute approximate surface area is 113 Å². The van der Waals surface area contributed by atoms with Crippen LogP contribution in [0.4, 0.5) is 0 Å². The Morgan fingerprint density at radius 3 is 2.00 bits per heavy atom. The summed E-state index contributed by atoms with van der Waals surface area (Å²) in [5.41, 5.74) is 2.27. The number of allylic oxidation sites excluding steroid dienone is 1. The molecule has 17 heavy (non-hydrogen) atoms. The predicted molar refractivity (Wildman–Crippen MR) is 87.6 cm³/mol. The number of rotatable bonds is 5. The Kier molecular flexibility index (Phi) is 6.39. The monoisotopic (exact) mass is 271 g/mol. The van der Waals surface area contributed by atoms with Gasteiger partial charge in [-0.2, -0.15) is 0 Å². The summed E-state index contributed by atoms with van der Waals surface area (Å²) in [5.74, 6) is 0. The molecule has 0 saturated heterocycles. The van der Waals surface area contributed by atoms with Crippen molar-refractivity contribution in [3.63, 3.8) is 0 Å². The summed E-state index contributed by atoms with van der Waals surface area (Å²) in [7, 11) is -0.0626. The zero-order valence-corrected chi connectivity index (χ0v) is 16.5. The molecule has 0 radical (unpaired) electrons. The molecule has 3 heteroatoms. The fourth-order valence-electron chi connectivity index (χ4n) is 1.89. The zero-order valence-electron chi connectivity index (χ0n) is 13.5. The maximum Gasteiger partial charge on any atom is 0.0718 e. The lowest BCUT2D eigenvalue weighted by Gasteiger charge is -2.43. The fraction of sp³-hybridized carbons (Fsp3) is 0.857. The van der Waals surface area contributed by atoms with Crippen LogP contribution >= 0.6 is 0 Å². The van der Waals surface area contributed by atoms with Crippen LogP contribution in [0.1, 0.15) is 48.0 Å². The van der Waals surface area contributed by atoms with E-state index in [9.17, 15) is 0 Å². The van der Waals surface area contributed by atoms with Crippen molar-refractivity contribution in [3.8, 4) is 0 Å². The third-order valence-corrected chi connectivity index (χ3v) is 11.8. The number of hydrogen-bond acceptors (Lipinski definition) is 1. The Balaban J connectivity index is 4.71. The molecule has 0 heterocycles. The van der Waals surface area contributed by atoms with E-state index in [1.54, 1.807) is 10.8 Å². The second kappa shape index (κ2) is 6.34. The van der Waals surface area contributed by atoms with Crippen molar-refractivity contribution in [1.82, 2.24) is 5.32 Å². The van der Waals surface area contributed by atoms with Crippen molar-refractivity contribution in [2.24, 2.45) is 0 Å². The van der Waals surface area contributed by atoms with E-state index in [1.165, 1.54) is 16.7 Å². The van der Waals surface area contributed by atoms with Gasteiger partial charge in [0.15, 0.2) is 0 Å². The lowest BCUT2D eigenvalue weighted by Crippen LogP contribution is -2.56. The molecule has 0 aliphatic carbocycles. The molecule has 0 aromatic heterocycles. The molecule has 1 N–H and O–H groups in total. The van der Waals surface area contributed by atoms with Crippen LogP contribution in [0.3, 0.4) is 0 Å². The highest BCUT2D eigenvalue weighted by atomic mass is 28.3. The summed E-state index contributed by atoms with van der Waals surface area (Å²) in [4.78, 5) is 0. The van der Waals surface area contributed by atoms with Crippen molar-refractivity contribution in [2.45, 2.75) is 71.8 Å². The first kappa shape index (κ1) is 17.1. The van der Waals surface area contributed by atoms with Crippen LogP contribution in [-0.4, -0.2) is 30.5 Å². The van der Waals surface area contributed by atoms with Gasteiger partial charge in [0.1, 0.15) is 0 Å². The third-order valence-electron chi connectivity index (χ3n) is 4.68. The van der Waals surface area contributed by atoms with Gasteiger partial charge >= 0.3 is 0 Å². The van der Waals surface area contributed by atoms with E-state index in [4.69, 9.17) is 0 Å². The molecule has 0 aliphatic rings. The Morgan fingerprint density at radius 1 is 1.24 bits per heavy atom. The predicted octanol–water partition coefficient (Wildman–Crippen LogP) is 3.06. The van der Waals surface area contributed by atoms with Crippen molar-refractivity contribution in [3.05, 3.63) is 10.8 Å². The third kappa shape index (κ3) is 4.72. The first-order valence-corrected chi connectivity index (χ1v) is 11.0. The van der Waals surface area contributed by atoms with Gasteiger partial charge in [-0.15, -0.1) is 0 Å². The minimum Gasteiger partial charge on any atom is -0.313 e. The molecule has 0 bridgehead atoms. The summed E-state index contributed by atoms with van der Waals surface area (Å²) in [6.07, 6.45) is 1.25. The van der Waals surface area contributed by atoms with Crippen LogP contribution in [0.25, 0.3) is 0 Å². The van der Waals surface area contributed by atoms with Gasteiger partial charge in [-0.3, -0.25) is 0 Å². The first-order chi connectivity index (χ1) is 7.54. The first-order valence-electron chi connectivity index (χ1n) is 6.90. The molecule has 1 unspecified atom stereocenters. The van der Waals surface area contributed by atoms with Crippen LogP contribution in [-0.2, 0) is 0 Å². The summed E-state index contributed by atoms with van der Waals surface area (Å²) < 4.78 is 0. The van der Waals surface area contributed by atoms with E-state index in [-0.39, 0.29) is 0 Å². The quantitative estimate of drug-likeness (QED) is 0.758. The molecule has 0 saturated carbocycles. The lowest BCUT2D eigenvalue weighted by molar-refractivity contribution is 0.589. The normalized spacial score (nSPS) is 16.9. The number of nitrogens with one attached hydrogen (secondary N) is 1. The summed E-state index contributed by atoms with van der Waals surface area (Å²) >= 11 is 0. The maximum absolute atomic E-state index is 3.82. The van der Waals surface area contributed by atoms with Crippen LogP contribution in [0.5, 0.6) is 0 Å². The average molecular weight is 272 g/mol. The molecule has 0 amide bonds. The Bertz CT molecular complexity index is 270. The second-order valence-corrected chi connectivity index (χ2v) is 14.2. The van der Waals surface area contributed by atoms with E-state index in [0.717, 1.165) is 12.2 Å². The van der Waals surface area contributed by atoms with Gasteiger partial charge in [0, 0.05) is 22.5 Å². The Morgan fingerprint density at radius 2 is 1.71 bits per heavy atom. The van der Waals surface area contributed by atoms with Gasteiger partial charge in [-0.05, 0) is 25.3 Å². The van der Waals surface area contributed by atoms with Gasteiger partial charge < -0.3 is 5.32 Å². The fourth-order valence-corrected chi connectivity index (χ4v) is 4.74. The largest absolute Gasteiger partial charge is 0.313 e. The van der Waals surface area contributed by atoms with Crippen LogP contribution in [0.15, 0.2) is 10.8 Å². The summed E-state index contributed by atoms with van der Waals surface area (Å²) in [6, 6.07) is 0. The van der Waals surface area contributed by atoms with E-state index in [0.29, 0.717) is 5.04 Å². The highest BCUT2D eigenvalue weighted by Gasteiger charge is 2.40. The molecule has 1 atom stereocenters. The van der Waals surface area contributed by atoms with Gasteiger partial charge in [0.25, 0.3) is 0 Å². The van der Waals surface area contributed by atoms with E-state index >= 15 is 0 Å². The van der Waals surface area contributed by atoms with Crippen molar-refractivity contribution >= 4 is 18.3 Å². The average Bonchev–Trinajstić information content (AvgIpc) is 2.15. The molecule has 0 spiro atoms. The van der Waals surface area contributed by atoms with Crippen LogP contribution < -0.4 is 5.32 Å². The van der Waals surface area contributed by atoms with Crippen molar-refractivity contribution < 1.29 is 0 Å². The van der Waals surface area contributed by atoms with Crippen molar-refractivity contribution in [2.75, 3.05) is 6.54 Å². The summed E-state index contributed by atoms with van der Waals surface area (Å²) in [5, 5.41) is 5.88. The van der Waals surface area contributed by atoms with Gasteiger partial charge in [0.2, 0.25) is 0 Å². The zero-order chi connectivity index (χ0) is 13.9. The molecular formula is C14H33NSi2. The molecule has 0 fully saturated rings. The van der Waals surface area contributed by atoms with E-state index in [2.05, 4.69) is 60.0 Å². The smallest absolute Gasteiger partial charge is 0.0718 e. The molecule has 102 valence electrons. The Hall–Kier alpha value is 0.134. The minimum atomic E-state index is -1.26. The second-order valence-electron chi connectivity index (χ2n) is 7.09. The molecule has 0 aromatic rings. The van der Waals surface area contributed by atoms with Gasteiger partial charge in [-0.25, -0.2) is 0 Å². The lowest BCUT2D eigenvalue weighted by atomic mass is 10.2. The number of hydrogen-bond donors (Lipinski definition) is 1. The highest BCUT2D eigenvalue weighted by molar-refractivity contribution is 6.81. The van der Waals surface area contributed by atoms with E-state index < -0.39 is 8.07 Å². The molecule has 0 aliphatic heterocycles.